The van der Waals surface area contributed by atoms with Crippen LogP contribution in [0.4, 0.5) is 0 Å². The Kier molecular flexibility index (Phi) is 5.30. The van der Waals surface area contributed by atoms with Crippen molar-refractivity contribution < 1.29 is 0 Å². The van der Waals surface area contributed by atoms with Gasteiger partial charge in [0.05, 0.1) is 20.9 Å². The number of halogens is 2. The number of nitrogens with zero attached hydrogens (tertiary/aromatic N) is 3. The van der Waals surface area contributed by atoms with E-state index < -0.39 is 0 Å². The lowest BCUT2D eigenvalue weighted by Gasteiger charge is -2.35. The summed E-state index contributed by atoms with van der Waals surface area (Å²) >= 11 is 12.1. The summed E-state index contributed by atoms with van der Waals surface area (Å²) in [6.45, 7) is 8.02. The molecular weight excluding hydrogens is 393 g/mol. The highest BCUT2D eigenvalue weighted by Gasteiger charge is 2.29. The van der Waals surface area contributed by atoms with Gasteiger partial charge < -0.3 is 9.13 Å². The van der Waals surface area contributed by atoms with Crippen molar-refractivity contribution >= 4 is 34.1 Å². The van der Waals surface area contributed by atoms with Gasteiger partial charge in [0.1, 0.15) is 0 Å². The minimum atomic E-state index is -0.0311. The molecule has 3 aromatic rings. The molecule has 2 aromatic heterocycles. The van der Waals surface area contributed by atoms with Gasteiger partial charge in [-0.15, -0.1) is 0 Å². The number of fused-ring (bicyclic) bond motifs is 1. The Morgan fingerprint density at radius 3 is 2.39 bits per heavy atom. The molecule has 4 nitrogen and oxygen atoms in total. The third kappa shape index (κ3) is 3.73. The Hall–Kier alpha value is -1.75. The molecular formula is C22H25Cl2N3O. The van der Waals surface area contributed by atoms with E-state index in [0.29, 0.717) is 23.1 Å². The predicted octanol–water partition coefficient (Wildman–Crippen LogP) is 5.03. The fourth-order valence-electron chi connectivity index (χ4n) is 4.17. The molecule has 0 atom stereocenters. The summed E-state index contributed by atoms with van der Waals surface area (Å²) in [5, 5.41) is 1.84. The molecule has 0 saturated carbocycles. The first-order chi connectivity index (χ1) is 13.3. The van der Waals surface area contributed by atoms with E-state index >= 15 is 0 Å². The van der Waals surface area contributed by atoms with Crippen LogP contribution in [-0.2, 0) is 13.1 Å². The van der Waals surface area contributed by atoms with Crippen LogP contribution in [0.5, 0.6) is 0 Å². The second-order valence-electron chi connectivity index (χ2n) is 8.25. The average Bonchev–Trinajstić information content (AvgIpc) is 3.32. The first kappa shape index (κ1) is 19.6. The van der Waals surface area contributed by atoms with Crippen LogP contribution in [0.15, 0.2) is 47.5 Å². The molecule has 0 radical (unpaired) electrons. The zero-order valence-electron chi connectivity index (χ0n) is 16.3. The number of pyridine rings is 1. The third-order valence-electron chi connectivity index (χ3n) is 5.77. The van der Waals surface area contributed by atoms with Crippen LogP contribution in [0.3, 0.4) is 0 Å². The molecule has 1 saturated heterocycles. The number of benzene rings is 1. The topological polar surface area (TPSA) is 30.2 Å². The van der Waals surface area contributed by atoms with Crippen LogP contribution in [0, 0.1) is 0 Å². The van der Waals surface area contributed by atoms with Crippen molar-refractivity contribution in [3.63, 3.8) is 0 Å². The molecule has 3 heterocycles. The number of aromatic nitrogens is 2. The maximum atomic E-state index is 13.1. The van der Waals surface area contributed by atoms with E-state index in [-0.39, 0.29) is 11.1 Å². The molecule has 0 N–H and O–H groups in total. The summed E-state index contributed by atoms with van der Waals surface area (Å²) < 4.78 is 3.93. The summed E-state index contributed by atoms with van der Waals surface area (Å²) in [7, 11) is 0. The molecule has 0 spiro atoms. The number of rotatable bonds is 5. The fourth-order valence-corrected chi connectivity index (χ4v) is 4.49. The van der Waals surface area contributed by atoms with Crippen LogP contribution < -0.4 is 5.56 Å². The highest BCUT2D eigenvalue weighted by molar-refractivity contribution is 6.42. The molecule has 1 fully saturated rings. The molecule has 0 bridgehead atoms. The Morgan fingerprint density at radius 1 is 0.964 bits per heavy atom. The van der Waals surface area contributed by atoms with Crippen LogP contribution in [-0.4, -0.2) is 32.7 Å². The molecule has 6 heteroatoms. The minimum Gasteiger partial charge on any atom is -0.343 e. The van der Waals surface area contributed by atoms with Crippen molar-refractivity contribution in [1.29, 1.82) is 0 Å². The maximum absolute atomic E-state index is 13.1. The lowest BCUT2D eigenvalue weighted by atomic mass is 10.0. The standard InChI is InChI=1S/C22H25Cl2N3O/c1-22(2,27-9-3-4-10-27)15-26-12-8-20-17(21(26)28)7-11-25(20)14-16-5-6-18(23)19(24)13-16/h5-8,11-13H,3-4,9-10,14-15H2,1-2H3. The van der Waals surface area contributed by atoms with E-state index in [9.17, 15) is 4.79 Å². The van der Waals surface area contributed by atoms with Gasteiger partial charge in [-0.25, -0.2) is 0 Å². The zero-order valence-corrected chi connectivity index (χ0v) is 17.8. The van der Waals surface area contributed by atoms with Crippen molar-refractivity contribution in [1.82, 2.24) is 14.0 Å². The van der Waals surface area contributed by atoms with Crippen LogP contribution in [0.25, 0.3) is 10.9 Å². The van der Waals surface area contributed by atoms with Crippen molar-refractivity contribution in [2.45, 2.75) is 45.3 Å². The summed E-state index contributed by atoms with van der Waals surface area (Å²) in [6.07, 6.45) is 6.38. The second kappa shape index (κ2) is 7.58. The van der Waals surface area contributed by atoms with Gasteiger partial charge in [-0.1, -0.05) is 29.3 Å². The largest absolute Gasteiger partial charge is 0.343 e. The Morgan fingerprint density at radius 2 is 1.68 bits per heavy atom. The van der Waals surface area contributed by atoms with Crippen molar-refractivity contribution in [3.8, 4) is 0 Å². The van der Waals surface area contributed by atoms with Gasteiger partial charge in [-0.05, 0) is 69.6 Å². The third-order valence-corrected chi connectivity index (χ3v) is 6.51. The van der Waals surface area contributed by atoms with Crippen molar-refractivity contribution in [2.24, 2.45) is 0 Å². The van der Waals surface area contributed by atoms with E-state index in [1.165, 1.54) is 12.8 Å². The van der Waals surface area contributed by atoms with Crippen LogP contribution in [0.1, 0.15) is 32.3 Å². The molecule has 0 aliphatic carbocycles. The van der Waals surface area contributed by atoms with Gasteiger partial charge in [-0.2, -0.15) is 0 Å². The monoisotopic (exact) mass is 417 g/mol. The average molecular weight is 418 g/mol. The van der Waals surface area contributed by atoms with Crippen LogP contribution >= 0.6 is 23.2 Å². The number of likely N-dealkylation sites (tertiary alicyclic amines) is 1. The first-order valence-corrected chi connectivity index (χ1v) is 10.5. The minimum absolute atomic E-state index is 0.0311. The van der Waals surface area contributed by atoms with Gasteiger partial charge in [-0.3, -0.25) is 9.69 Å². The van der Waals surface area contributed by atoms with E-state index in [2.05, 4.69) is 23.3 Å². The van der Waals surface area contributed by atoms with Gasteiger partial charge in [0.15, 0.2) is 0 Å². The highest BCUT2D eigenvalue weighted by atomic mass is 35.5. The lowest BCUT2D eigenvalue weighted by Crippen LogP contribution is -2.46. The molecule has 28 heavy (non-hydrogen) atoms. The van der Waals surface area contributed by atoms with Crippen molar-refractivity contribution in [2.75, 3.05) is 13.1 Å². The summed E-state index contributed by atoms with van der Waals surface area (Å²) in [4.78, 5) is 15.6. The first-order valence-electron chi connectivity index (χ1n) is 9.72. The van der Waals surface area contributed by atoms with Gasteiger partial charge in [0.2, 0.25) is 0 Å². The number of hydrogen-bond donors (Lipinski definition) is 0. The van der Waals surface area contributed by atoms with Gasteiger partial charge in [0.25, 0.3) is 5.56 Å². The molecule has 4 rings (SSSR count). The Bertz CT molecular complexity index is 1060. The van der Waals surface area contributed by atoms with E-state index in [4.69, 9.17) is 23.2 Å². The molecule has 0 unspecified atom stereocenters. The van der Waals surface area contributed by atoms with E-state index in [0.717, 1.165) is 29.6 Å². The summed E-state index contributed by atoms with van der Waals surface area (Å²) in [6, 6.07) is 9.58. The van der Waals surface area contributed by atoms with Crippen molar-refractivity contribution in [3.05, 3.63) is 68.7 Å². The van der Waals surface area contributed by atoms with Crippen LogP contribution in [0.2, 0.25) is 10.0 Å². The van der Waals surface area contributed by atoms with Gasteiger partial charge in [0, 0.05) is 31.0 Å². The Labute approximate surface area is 175 Å². The fraction of sp³-hybridized carbons (Fsp3) is 0.409. The lowest BCUT2D eigenvalue weighted by molar-refractivity contribution is 0.132. The molecule has 1 aliphatic rings. The summed E-state index contributed by atoms with van der Waals surface area (Å²) in [5.41, 5.74) is 2.02. The zero-order chi connectivity index (χ0) is 19.9. The normalized spacial score (nSPS) is 15.6. The molecule has 0 amide bonds. The molecule has 148 valence electrons. The quantitative estimate of drug-likeness (QED) is 0.582. The molecule has 1 aliphatic heterocycles. The van der Waals surface area contributed by atoms with E-state index in [1.807, 2.05) is 41.2 Å². The Balaban J connectivity index is 1.62. The summed E-state index contributed by atoms with van der Waals surface area (Å²) in [5.74, 6) is 0. The highest BCUT2D eigenvalue weighted by Crippen LogP contribution is 2.25. The van der Waals surface area contributed by atoms with E-state index in [1.54, 1.807) is 6.07 Å². The SMILES string of the molecule is CC(C)(Cn1ccc2c(ccn2Cc2ccc(Cl)c(Cl)c2)c1=O)N1CCCC1. The predicted molar refractivity (Wildman–Crippen MR) is 117 cm³/mol. The molecule has 1 aromatic carbocycles. The smallest absolute Gasteiger partial charge is 0.260 e. The second-order valence-corrected chi connectivity index (χ2v) is 9.06. The van der Waals surface area contributed by atoms with Gasteiger partial charge >= 0.3 is 0 Å². The number of hydrogen-bond acceptors (Lipinski definition) is 2. The maximum Gasteiger partial charge on any atom is 0.260 e.